The fourth-order valence-electron chi connectivity index (χ4n) is 0.730. The lowest BCUT2D eigenvalue weighted by Crippen LogP contribution is -2.03. The highest BCUT2D eigenvalue weighted by Crippen LogP contribution is 2.21. The van der Waals surface area contributed by atoms with Gasteiger partial charge in [-0.1, -0.05) is 0 Å². The molecule has 0 spiro atoms. The van der Waals surface area contributed by atoms with Gasteiger partial charge in [-0.05, 0) is 6.07 Å². The summed E-state index contributed by atoms with van der Waals surface area (Å²) < 4.78 is 16.8. The van der Waals surface area contributed by atoms with Gasteiger partial charge in [-0.3, -0.25) is 0 Å². The fraction of sp³-hybridized carbons (Fsp3) is 0.143. The third-order valence-corrected chi connectivity index (χ3v) is 1.34. The van der Waals surface area contributed by atoms with Crippen molar-refractivity contribution in [2.24, 2.45) is 0 Å². The van der Waals surface area contributed by atoms with Crippen LogP contribution in [0.1, 0.15) is 10.4 Å². The van der Waals surface area contributed by atoms with Crippen LogP contribution in [0.3, 0.4) is 0 Å². The lowest BCUT2D eigenvalue weighted by atomic mass is 10.2. The lowest BCUT2D eigenvalue weighted by Gasteiger charge is -2.01. The van der Waals surface area contributed by atoms with Gasteiger partial charge >= 0.3 is 5.97 Å². The van der Waals surface area contributed by atoms with E-state index in [4.69, 9.17) is 10.2 Å². The zero-order chi connectivity index (χ0) is 10.0. The van der Waals surface area contributed by atoms with E-state index in [-0.39, 0.29) is 0 Å². The maximum Gasteiger partial charge on any atom is 0.343 e. The first-order chi connectivity index (χ1) is 6.06. The second kappa shape index (κ2) is 3.26. The Labute approximate surface area is 72.4 Å². The molecule has 0 saturated carbocycles. The number of hydrogen-bond acceptors (Lipinski definition) is 5. The first kappa shape index (κ1) is 9.24. The molecular weight excluding hydrogens is 181 g/mol. The van der Waals surface area contributed by atoms with Gasteiger partial charge in [-0.25, -0.2) is 9.18 Å². The first-order valence-corrected chi connectivity index (χ1v) is 3.23. The van der Waals surface area contributed by atoms with Gasteiger partial charge in [0.25, 0.3) is 5.88 Å². The Bertz CT molecular complexity index is 353. The highest BCUT2D eigenvalue weighted by Gasteiger charge is 2.16. The number of aromatic hydroxyl groups is 2. The number of aromatic nitrogens is 1. The van der Waals surface area contributed by atoms with Crippen molar-refractivity contribution in [2.75, 3.05) is 7.11 Å². The summed E-state index contributed by atoms with van der Waals surface area (Å²) >= 11 is 0. The van der Waals surface area contributed by atoms with Crippen LogP contribution in [0.2, 0.25) is 0 Å². The molecule has 0 saturated heterocycles. The lowest BCUT2D eigenvalue weighted by molar-refractivity contribution is 0.0595. The number of carbonyl (C=O) groups is 1. The molecule has 0 unspecified atom stereocenters. The van der Waals surface area contributed by atoms with Crippen LogP contribution in [0.15, 0.2) is 6.07 Å². The number of carbonyl (C=O) groups excluding carboxylic acids is 1. The van der Waals surface area contributed by atoms with Gasteiger partial charge in [0.1, 0.15) is 5.56 Å². The summed E-state index contributed by atoms with van der Waals surface area (Å²) in [6, 6.07) is 0.642. The normalized spacial score (nSPS) is 9.69. The van der Waals surface area contributed by atoms with E-state index in [1.54, 1.807) is 0 Å². The Morgan fingerprint density at radius 2 is 2.15 bits per heavy atom. The molecule has 0 aromatic carbocycles. The quantitative estimate of drug-likeness (QED) is 0.623. The van der Waals surface area contributed by atoms with Crippen LogP contribution < -0.4 is 0 Å². The molecule has 5 nitrogen and oxygen atoms in total. The molecule has 0 fully saturated rings. The van der Waals surface area contributed by atoms with Crippen molar-refractivity contribution in [3.63, 3.8) is 0 Å². The minimum Gasteiger partial charge on any atom is -0.493 e. The average molecular weight is 187 g/mol. The van der Waals surface area contributed by atoms with Crippen molar-refractivity contribution >= 4 is 5.97 Å². The number of methoxy groups -OCH3 is 1. The zero-order valence-electron chi connectivity index (χ0n) is 6.61. The van der Waals surface area contributed by atoms with Crippen LogP contribution >= 0.6 is 0 Å². The summed E-state index contributed by atoms with van der Waals surface area (Å²) in [7, 11) is 1.08. The smallest absolute Gasteiger partial charge is 0.343 e. The molecule has 6 heteroatoms. The summed E-state index contributed by atoms with van der Waals surface area (Å²) in [6.07, 6.45) is 0. The molecule has 1 heterocycles. The number of rotatable bonds is 1. The Kier molecular flexibility index (Phi) is 2.32. The van der Waals surface area contributed by atoms with Crippen LogP contribution in [0.25, 0.3) is 0 Å². The molecule has 1 aromatic heterocycles. The van der Waals surface area contributed by atoms with Crippen molar-refractivity contribution in [1.82, 2.24) is 4.98 Å². The van der Waals surface area contributed by atoms with E-state index in [0.29, 0.717) is 6.07 Å². The maximum absolute atomic E-state index is 12.6. The second-order valence-electron chi connectivity index (χ2n) is 2.16. The minimum absolute atomic E-state index is 0.433. The number of esters is 1. The van der Waals surface area contributed by atoms with E-state index in [1.807, 2.05) is 0 Å². The van der Waals surface area contributed by atoms with Gasteiger partial charge in [-0.2, -0.15) is 4.98 Å². The van der Waals surface area contributed by atoms with E-state index >= 15 is 0 Å². The number of nitrogens with zero attached hydrogens (tertiary/aromatic N) is 1. The predicted octanol–water partition coefficient (Wildman–Crippen LogP) is 0.418. The van der Waals surface area contributed by atoms with E-state index < -0.39 is 29.1 Å². The Morgan fingerprint density at radius 3 is 2.69 bits per heavy atom. The largest absolute Gasteiger partial charge is 0.493 e. The van der Waals surface area contributed by atoms with Crippen molar-refractivity contribution in [1.29, 1.82) is 0 Å². The Balaban J connectivity index is 3.23. The average Bonchev–Trinajstić information content (AvgIpc) is 2.10. The SMILES string of the molecule is COC(=O)c1cc(F)c(O)nc1O. The molecule has 0 amide bonds. The second-order valence-corrected chi connectivity index (χ2v) is 2.16. The van der Waals surface area contributed by atoms with Crippen LogP contribution in [0.4, 0.5) is 4.39 Å². The monoisotopic (exact) mass is 187 g/mol. The van der Waals surface area contributed by atoms with Crippen LogP contribution in [0.5, 0.6) is 11.8 Å². The highest BCUT2D eigenvalue weighted by molar-refractivity contribution is 5.91. The number of hydrogen-bond donors (Lipinski definition) is 2. The van der Waals surface area contributed by atoms with E-state index in [2.05, 4.69) is 9.72 Å². The van der Waals surface area contributed by atoms with Crippen molar-refractivity contribution in [2.45, 2.75) is 0 Å². The highest BCUT2D eigenvalue weighted by atomic mass is 19.1. The molecule has 0 bridgehead atoms. The minimum atomic E-state index is -1.10. The molecule has 0 aliphatic rings. The third kappa shape index (κ3) is 1.66. The summed E-state index contributed by atoms with van der Waals surface area (Å²) in [5.41, 5.74) is -0.433. The van der Waals surface area contributed by atoms with E-state index in [0.717, 1.165) is 7.11 Å². The standard InChI is InChI=1S/C7H6FNO4/c1-13-7(12)3-2-4(8)6(11)9-5(3)10/h2H,1H3,(H2,9,10,11). The van der Waals surface area contributed by atoms with Crippen LogP contribution in [-0.4, -0.2) is 28.3 Å². The molecule has 2 N–H and O–H groups in total. The summed E-state index contributed by atoms with van der Waals surface area (Å²) in [5.74, 6) is -3.77. The van der Waals surface area contributed by atoms with Crippen molar-refractivity contribution in [3.05, 3.63) is 17.4 Å². The zero-order valence-corrected chi connectivity index (χ0v) is 6.61. The summed E-state index contributed by atoms with van der Waals surface area (Å²) in [5, 5.41) is 17.7. The van der Waals surface area contributed by atoms with Gasteiger partial charge in [0.15, 0.2) is 5.82 Å². The van der Waals surface area contributed by atoms with Crippen LogP contribution in [0, 0.1) is 5.82 Å². The first-order valence-electron chi connectivity index (χ1n) is 3.23. The molecule has 0 aliphatic carbocycles. The van der Waals surface area contributed by atoms with Gasteiger partial charge < -0.3 is 14.9 Å². The Morgan fingerprint density at radius 1 is 1.54 bits per heavy atom. The topological polar surface area (TPSA) is 79.7 Å². The molecule has 1 rings (SSSR count). The van der Waals surface area contributed by atoms with Crippen molar-refractivity contribution in [3.8, 4) is 11.8 Å². The number of ether oxygens (including phenoxy) is 1. The van der Waals surface area contributed by atoms with E-state index in [9.17, 15) is 9.18 Å². The molecule has 70 valence electrons. The summed E-state index contributed by atoms with van der Waals surface area (Å²) in [6.45, 7) is 0. The molecule has 0 radical (unpaired) electrons. The van der Waals surface area contributed by atoms with E-state index in [1.165, 1.54) is 0 Å². The van der Waals surface area contributed by atoms with Crippen LogP contribution in [-0.2, 0) is 4.74 Å². The number of pyridine rings is 1. The van der Waals surface area contributed by atoms with Gasteiger partial charge in [-0.15, -0.1) is 0 Å². The fourth-order valence-corrected chi connectivity index (χ4v) is 0.730. The van der Waals surface area contributed by atoms with Crippen molar-refractivity contribution < 1.29 is 24.1 Å². The Hall–Kier alpha value is -1.85. The predicted molar refractivity (Wildman–Crippen MR) is 38.9 cm³/mol. The van der Waals surface area contributed by atoms with Gasteiger partial charge in [0.05, 0.1) is 7.11 Å². The molecular formula is C7H6FNO4. The van der Waals surface area contributed by atoms with Gasteiger partial charge in [0.2, 0.25) is 5.88 Å². The third-order valence-electron chi connectivity index (χ3n) is 1.34. The molecule has 0 atom stereocenters. The molecule has 0 aliphatic heterocycles. The maximum atomic E-state index is 12.6. The summed E-state index contributed by atoms with van der Waals surface area (Å²) in [4.78, 5) is 13.8. The van der Waals surface area contributed by atoms with Gasteiger partial charge in [0, 0.05) is 0 Å². The molecule has 1 aromatic rings. The number of halogens is 1. The molecule has 13 heavy (non-hydrogen) atoms.